The van der Waals surface area contributed by atoms with E-state index in [0.717, 1.165) is 44.0 Å². The molecular weight excluding hydrogens is 356 g/mol. The number of carbonyl (C=O) groups excluding carboxylic acids is 1. The van der Waals surface area contributed by atoms with Crippen LogP contribution >= 0.6 is 0 Å². The molecule has 0 saturated carbocycles. The molecule has 1 saturated heterocycles. The predicted molar refractivity (Wildman–Crippen MR) is 106 cm³/mol. The largest absolute Gasteiger partial charge is 0.493 e. The third kappa shape index (κ3) is 3.64. The smallest absolute Gasteiger partial charge is 0.255 e. The summed E-state index contributed by atoms with van der Waals surface area (Å²) in [6.45, 7) is 3.21. The van der Waals surface area contributed by atoms with Gasteiger partial charge in [-0.1, -0.05) is 18.2 Å². The van der Waals surface area contributed by atoms with Crippen molar-refractivity contribution in [3.63, 3.8) is 0 Å². The molecule has 28 heavy (non-hydrogen) atoms. The Morgan fingerprint density at radius 3 is 2.57 bits per heavy atom. The lowest BCUT2D eigenvalue weighted by Gasteiger charge is -2.41. The third-order valence-corrected chi connectivity index (χ3v) is 5.65. The van der Waals surface area contributed by atoms with E-state index in [1.54, 1.807) is 14.2 Å². The molecule has 2 aromatic rings. The number of ether oxygens (including phenoxy) is 3. The topological polar surface area (TPSA) is 60.0 Å². The van der Waals surface area contributed by atoms with Crippen LogP contribution in [-0.2, 0) is 6.54 Å². The molecule has 2 aliphatic rings. The first-order chi connectivity index (χ1) is 13.6. The fraction of sp³-hybridized carbons (Fsp3) is 0.409. The molecule has 6 heteroatoms. The zero-order chi connectivity index (χ0) is 19.6. The van der Waals surface area contributed by atoms with Gasteiger partial charge in [0.05, 0.1) is 26.3 Å². The second-order valence-electron chi connectivity index (χ2n) is 7.43. The molecule has 2 aromatic carbocycles. The molecular formula is C22H26N2O4. The summed E-state index contributed by atoms with van der Waals surface area (Å²) in [5.74, 6) is 2.12. The molecule has 0 radical (unpaired) electrons. The minimum atomic E-state index is -0.337. The summed E-state index contributed by atoms with van der Waals surface area (Å²) in [7, 11) is 3.30. The van der Waals surface area contributed by atoms with Crippen LogP contribution in [0.15, 0.2) is 42.5 Å². The summed E-state index contributed by atoms with van der Waals surface area (Å²) >= 11 is 0. The van der Waals surface area contributed by atoms with Crippen molar-refractivity contribution in [1.82, 2.24) is 10.2 Å². The molecule has 1 spiro atoms. The Labute approximate surface area is 165 Å². The van der Waals surface area contributed by atoms with Crippen LogP contribution in [0.4, 0.5) is 0 Å². The van der Waals surface area contributed by atoms with Gasteiger partial charge in [0.2, 0.25) is 0 Å². The van der Waals surface area contributed by atoms with Gasteiger partial charge in [0.15, 0.2) is 11.5 Å². The van der Waals surface area contributed by atoms with Gasteiger partial charge in [0.1, 0.15) is 11.4 Å². The number of benzene rings is 2. The molecule has 1 amide bonds. The van der Waals surface area contributed by atoms with Gasteiger partial charge in [-0.05, 0) is 29.8 Å². The van der Waals surface area contributed by atoms with E-state index in [1.807, 2.05) is 36.4 Å². The van der Waals surface area contributed by atoms with Gasteiger partial charge >= 0.3 is 0 Å². The molecule has 2 aliphatic heterocycles. The zero-order valence-electron chi connectivity index (χ0n) is 16.4. The summed E-state index contributed by atoms with van der Waals surface area (Å²) in [5, 5.41) is 3.04. The van der Waals surface area contributed by atoms with Crippen molar-refractivity contribution in [3.8, 4) is 17.2 Å². The van der Waals surface area contributed by atoms with Gasteiger partial charge in [-0.3, -0.25) is 9.69 Å². The second-order valence-corrected chi connectivity index (χ2v) is 7.43. The summed E-state index contributed by atoms with van der Waals surface area (Å²) in [5.41, 5.74) is 1.47. The van der Waals surface area contributed by atoms with Crippen LogP contribution in [0.2, 0.25) is 0 Å². The van der Waals surface area contributed by atoms with Gasteiger partial charge < -0.3 is 19.5 Å². The maximum atomic E-state index is 12.3. The Balaban J connectivity index is 1.43. The lowest BCUT2D eigenvalue weighted by Crippen LogP contribution is -2.52. The number of methoxy groups -OCH3 is 2. The molecule has 2 heterocycles. The Kier molecular flexibility index (Phi) is 5.13. The minimum Gasteiger partial charge on any atom is -0.493 e. The number of amides is 1. The molecule has 1 N–H and O–H groups in total. The van der Waals surface area contributed by atoms with Crippen molar-refractivity contribution in [2.24, 2.45) is 0 Å². The predicted octanol–water partition coefficient (Wildman–Crippen LogP) is 2.86. The zero-order valence-corrected chi connectivity index (χ0v) is 16.4. The Morgan fingerprint density at radius 1 is 1.07 bits per heavy atom. The number of para-hydroxylation sites is 1. The van der Waals surface area contributed by atoms with E-state index in [4.69, 9.17) is 14.2 Å². The number of piperidine rings is 1. The van der Waals surface area contributed by atoms with Gasteiger partial charge in [-0.2, -0.15) is 0 Å². The molecule has 1 fully saturated rings. The van der Waals surface area contributed by atoms with Gasteiger partial charge in [-0.15, -0.1) is 0 Å². The molecule has 0 aliphatic carbocycles. The Hall–Kier alpha value is -2.73. The van der Waals surface area contributed by atoms with Crippen LogP contribution in [-0.4, -0.2) is 50.3 Å². The quantitative estimate of drug-likeness (QED) is 0.881. The van der Waals surface area contributed by atoms with Crippen LogP contribution in [0.5, 0.6) is 17.2 Å². The normalized spacial score (nSPS) is 18.6. The van der Waals surface area contributed by atoms with E-state index >= 15 is 0 Å². The first kappa shape index (κ1) is 18.6. The van der Waals surface area contributed by atoms with E-state index in [1.165, 1.54) is 5.56 Å². The number of hydrogen-bond donors (Lipinski definition) is 1. The molecule has 148 valence electrons. The van der Waals surface area contributed by atoms with Gasteiger partial charge in [0.25, 0.3) is 5.91 Å². The number of nitrogens with one attached hydrogen (secondary N) is 1. The average molecular weight is 382 g/mol. The number of carbonyl (C=O) groups is 1. The summed E-state index contributed by atoms with van der Waals surface area (Å²) in [6.07, 6.45) is 1.74. The highest BCUT2D eigenvalue weighted by Gasteiger charge is 2.39. The summed E-state index contributed by atoms with van der Waals surface area (Å²) < 4.78 is 17.1. The summed E-state index contributed by atoms with van der Waals surface area (Å²) in [4.78, 5) is 14.7. The van der Waals surface area contributed by atoms with Crippen molar-refractivity contribution in [2.75, 3.05) is 33.9 Å². The van der Waals surface area contributed by atoms with Crippen molar-refractivity contribution < 1.29 is 19.0 Å². The van der Waals surface area contributed by atoms with Crippen LogP contribution in [0.3, 0.4) is 0 Å². The first-order valence-electron chi connectivity index (χ1n) is 9.62. The van der Waals surface area contributed by atoms with E-state index < -0.39 is 0 Å². The van der Waals surface area contributed by atoms with Crippen LogP contribution < -0.4 is 19.5 Å². The van der Waals surface area contributed by atoms with Crippen molar-refractivity contribution in [3.05, 3.63) is 53.6 Å². The lowest BCUT2D eigenvalue weighted by molar-refractivity contribution is 0.00393. The second kappa shape index (κ2) is 7.72. The SMILES string of the molecule is COc1ccc(CN2CCC3(CC2)CNC(=O)c2ccccc2O3)cc1OC. The van der Waals surface area contributed by atoms with Crippen LogP contribution in [0, 0.1) is 0 Å². The average Bonchev–Trinajstić information content (AvgIpc) is 2.87. The van der Waals surface area contributed by atoms with Gasteiger partial charge in [0, 0.05) is 32.5 Å². The van der Waals surface area contributed by atoms with Crippen molar-refractivity contribution in [1.29, 1.82) is 0 Å². The molecule has 0 unspecified atom stereocenters. The fourth-order valence-corrected chi connectivity index (χ4v) is 3.98. The number of nitrogens with zero attached hydrogens (tertiary/aromatic N) is 1. The maximum absolute atomic E-state index is 12.3. The van der Waals surface area contributed by atoms with Crippen LogP contribution in [0.25, 0.3) is 0 Å². The highest BCUT2D eigenvalue weighted by atomic mass is 16.5. The lowest BCUT2D eigenvalue weighted by atomic mass is 9.90. The Bertz CT molecular complexity index is 859. The van der Waals surface area contributed by atoms with Crippen LogP contribution in [0.1, 0.15) is 28.8 Å². The number of fused-ring (bicyclic) bond motifs is 1. The number of rotatable bonds is 4. The molecule has 0 aromatic heterocycles. The maximum Gasteiger partial charge on any atom is 0.255 e. The molecule has 0 bridgehead atoms. The van der Waals surface area contributed by atoms with Crippen molar-refractivity contribution in [2.45, 2.75) is 25.0 Å². The molecule has 0 atom stereocenters. The van der Waals surface area contributed by atoms with Gasteiger partial charge in [-0.25, -0.2) is 0 Å². The monoisotopic (exact) mass is 382 g/mol. The minimum absolute atomic E-state index is 0.0553. The molecule has 6 nitrogen and oxygen atoms in total. The van der Waals surface area contributed by atoms with E-state index in [0.29, 0.717) is 17.9 Å². The van der Waals surface area contributed by atoms with E-state index in [2.05, 4.69) is 16.3 Å². The highest BCUT2D eigenvalue weighted by Crippen LogP contribution is 2.34. The third-order valence-electron chi connectivity index (χ3n) is 5.65. The first-order valence-corrected chi connectivity index (χ1v) is 9.62. The fourth-order valence-electron chi connectivity index (χ4n) is 3.98. The van der Waals surface area contributed by atoms with Crippen molar-refractivity contribution >= 4 is 5.91 Å². The highest BCUT2D eigenvalue weighted by molar-refractivity contribution is 5.97. The molecule has 4 rings (SSSR count). The standard InChI is InChI=1S/C22H26N2O4/c1-26-19-8-7-16(13-20(19)27-2)14-24-11-9-22(10-12-24)15-23-21(25)17-5-3-4-6-18(17)28-22/h3-8,13H,9-12,14-15H2,1-2H3,(H,23,25). The summed E-state index contributed by atoms with van der Waals surface area (Å²) in [6, 6.07) is 13.5. The number of likely N-dealkylation sites (tertiary alicyclic amines) is 1. The van der Waals surface area contributed by atoms with E-state index in [9.17, 15) is 4.79 Å². The number of hydrogen-bond acceptors (Lipinski definition) is 5. The van der Waals surface area contributed by atoms with E-state index in [-0.39, 0.29) is 11.5 Å². The Morgan fingerprint density at radius 2 is 1.82 bits per heavy atom.